The minimum absolute atomic E-state index is 0. The average molecular weight is 420 g/mol. The fraction of sp³-hybridized carbons (Fsp3) is 0.632. The summed E-state index contributed by atoms with van der Waals surface area (Å²) in [5.74, 6) is -0.157. The molecule has 0 saturated carbocycles. The molecule has 8 heteroatoms. The average Bonchev–Trinajstić information content (AvgIpc) is 2.57. The largest absolute Gasteiger partial charge is 0.355 e. The molecule has 156 valence electrons. The first-order valence-corrected chi connectivity index (χ1v) is 10.7. The predicted molar refractivity (Wildman–Crippen MR) is 113 cm³/mol. The summed E-state index contributed by atoms with van der Waals surface area (Å²) >= 11 is 0. The fourth-order valence-electron chi connectivity index (χ4n) is 2.92. The minimum Gasteiger partial charge on any atom is -0.355 e. The zero-order valence-corrected chi connectivity index (χ0v) is 18.9. The Balaban J connectivity index is 0.00000676. The van der Waals surface area contributed by atoms with Gasteiger partial charge in [0.05, 0.1) is 4.90 Å². The number of rotatable bonds is 10. The van der Waals surface area contributed by atoms with Crippen LogP contribution in [0.3, 0.4) is 0 Å². The number of carbonyl (C=O) groups is 1. The first kappa shape index (κ1) is 25.9. The topological polar surface area (TPSA) is 87.3 Å². The standard InChI is InChI=1S/C19H33N3O3S.ClH/c1-7-9-20-11-12-21-18(23)8-10-22-26(24,25)19-16(5)14(3)13(2)15(4)17(19)6;/h20,22H,7-12H2,1-6H3,(H,21,23);1H. The SMILES string of the molecule is CCCNCCNC(=O)CCNS(=O)(=O)c1c(C)c(C)c(C)c(C)c1C.Cl. The molecule has 1 amide bonds. The summed E-state index contributed by atoms with van der Waals surface area (Å²) in [7, 11) is -3.65. The van der Waals surface area contributed by atoms with Crippen LogP contribution in [0.1, 0.15) is 47.6 Å². The van der Waals surface area contributed by atoms with Gasteiger partial charge in [-0.05, 0) is 75.4 Å². The molecular weight excluding hydrogens is 386 g/mol. The molecule has 0 unspecified atom stereocenters. The maximum atomic E-state index is 12.8. The first-order valence-electron chi connectivity index (χ1n) is 9.17. The van der Waals surface area contributed by atoms with Crippen LogP contribution in [0, 0.1) is 34.6 Å². The predicted octanol–water partition coefficient (Wildman–Crippen LogP) is 2.43. The monoisotopic (exact) mass is 419 g/mol. The van der Waals surface area contributed by atoms with Gasteiger partial charge in [0.25, 0.3) is 0 Å². The van der Waals surface area contributed by atoms with Crippen molar-refractivity contribution in [3.05, 3.63) is 27.8 Å². The summed E-state index contributed by atoms with van der Waals surface area (Å²) < 4.78 is 28.1. The van der Waals surface area contributed by atoms with E-state index in [2.05, 4.69) is 22.3 Å². The molecule has 0 saturated heterocycles. The van der Waals surface area contributed by atoms with E-state index in [1.165, 1.54) is 0 Å². The molecule has 1 rings (SSSR count). The van der Waals surface area contributed by atoms with E-state index in [4.69, 9.17) is 0 Å². The Morgan fingerprint density at radius 2 is 1.33 bits per heavy atom. The number of hydrogen-bond donors (Lipinski definition) is 3. The van der Waals surface area contributed by atoms with Gasteiger partial charge < -0.3 is 10.6 Å². The molecule has 0 aromatic heterocycles. The molecule has 0 heterocycles. The lowest BCUT2D eigenvalue weighted by Crippen LogP contribution is -2.35. The van der Waals surface area contributed by atoms with Gasteiger partial charge in [-0.15, -0.1) is 12.4 Å². The van der Waals surface area contributed by atoms with Gasteiger partial charge in [0.1, 0.15) is 0 Å². The van der Waals surface area contributed by atoms with E-state index in [-0.39, 0.29) is 31.3 Å². The van der Waals surface area contributed by atoms with Gasteiger partial charge >= 0.3 is 0 Å². The van der Waals surface area contributed by atoms with Crippen LogP contribution in [-0.4, -0.2) is 40.5 Å². The summed E-state index contributed by atoms with van der Waals surface area (Å²) in [6.07, 6.45) is 1.17. The Labute approximate surface area is 170 Å². The van der Waals surface area contributed by atoms with Crippen molar-refractivity contribution in [1.82, 2.24) is 15.4 Å². The van der Waals surface area contributed by atoms with Crippen LogP contribution >= 0.6 is 12.4 Å². The van der Waals surface area contributed by atoms with Crippen LogP contribution in [0.25, 0.3) is 0 Å². The minimum atomic E-state index is -3.65. The van der Waals surface area contributed by atoms with Crippen LogP contribution in [0.2, 0.25) is 0 Å². The molecule has 0 bridgehead atoms. The van der Waals surface area contributed by atoms with Crippen LogP contribution in [0.5, 0.6) is 0 Å². The molecule has 0 aliphatic rings. The molecule has 1 aromatic rings. The van der Waals surface area contributed by atoms with Crippen molar-refractivity contribution >= 4 is 28.3 Å². The van der Waals surface area contributed by atoms with E-state index >= 15 is 0 Å². The second kappa shape index (κ2) is 11.6. The molecule has 1 aromatic carbocycles. The molecule has 0 fully saturated rings. The Morgan fingerprint density at radius 3 is 1.85 bits per heavy atom. The van der Waals surface area contributed by atoms with Crippen molar-refractivity contribution in [2.24, 2.45) is 0 Å². The normalized spacial score (nSPS) is 11.2. The zero-order valence-electron chi connectivity index (χ0n) is 17.3. The van der Waals surface area contributed by atoms with Gasteiger partial charge in [0, 0.05) is 26.1 Å². The van der Waals surface area contributed by atoms with Gasteiger partial charge in [0.2, 0.25) is 15.9 Å². The van der Waals surface area contributed by atoms with Gasteiger partial charge in [0.15, 0.2) is 0 Å². The summed E-state index contributed by atoms with van der Waals surface area (Å²) in [4.78, 5) is 12.1. The smallest absolute Gasteiger partial charge is 0.241 e. The maximum Gasteiger partial charge on any atom is 0.241 e. The van der Waals surface area contributed by atoms with Gasteiger partial charge in [-0.25, -0.2) is 13.1 Å². The molecule has 3 N–H and O–H groups in total. The van der Waals surface area contributed by atoms with Crippen molar-refractivity contribution in [2.45, 2.75) is 59.3 Å². The van der Waals surface area contributed by atoms with Crippen LogP contribution < -0.4 is 15.4 Å². The summed E-state index contributed by atoms with van der Waals surface area (Å²) in [5, 5.41) is 5.97. The lowest BCUT2D eigenvalue weighted by Gasteiger charge is -2.19. The molecule has 0 aliphatic carbocycles. The van der Waals surface area contributed by atoms with E-state index in [9.17, 15) is 13.2 Å². The zero-order chi connectivity index (χ0) is 19.9. The number of sulfonamides is 1. The third kappa shape index (κ3) is 7.07. The molecule has 0 radical (unpaired) electrons. The second-order valence-corrected chi connectivity index (χ2v) is 8.41. The molecule has 0 aliphatic heterocycles. The van der Waals surface area contributed by atoms with E-state index in [1.807, 2.05) is 34.6 Å². The van der Waals surface area contributed by atoms with Crippen LogP contribution in [0.4, 0.5) is 0 Å². The fourth-order valence-corrected chi connectivity index (χ4v) is 4.55. The number of carbonyl (C=O) groups excluding carboxylic acids is 1. The highest BCUT2D eigenvalue weighted by atomic mass is 35.5. The highest BCUT2D eigenvalue weighted by Crippen LogP contribution is 2.29. The third-order valence-electron chi connectivity index (χ3n) is 4.89. The highest BCUT2D eigenvalue weighted by molar-refractivity contribution is 7.89. The van der Waals surface area contributed by atoms with Crippen molar-refractivity contribution in [3.63, 3.8) is 0 Å². The maximum absolute atomic E-state index is 12.8. The summed E-state index contributed by atoms with van der Waals surface area (Å²) in [5.41, 5.74) is 4.64. The Hall–Kier alpha value is -1.15. The molecule has 27 heavy (non-hydrogen) atoms. The Kier molecular flexibility index (Phi) is 11.1. The van der Waals surface area contributed by atoms with Gasteiger partial charge in [-0.2, -0.15) is 0 Å². The number of nitrogens with one attached hydrogen (secondary N) is 3. The highest BCUT2D eigenvalue weighted by Gasteiger charge is 2.23. The lowest BCUT2D eigenvalue weighted by atomic mass is 9.95. The Bertz CT molecular complexity index is 720. The molecule has 0 spiro atoms. The summed E-state index contributed by atoms with van der Waals surface area (Å²) in [6, 6.07) is 0. The number of halogens is 1. The number of amides is 1. The molecule has 0 atom stereocenters. The lowest BCUT2D eigenvalue weighted by molar-refractivity contribution is -0.120. The molecular formula is C19H34ClN3O3S. The Morgan fingerprint density at radius 1 is 0.815 bits per heavy atom. The number of benzene rings is 1. The van der Waals surface area contributed by atoms with Crippen molar-refractivity contribution in [2.75, 3.05) is 26.2 Å². The van der Waals surface area contributed by atoms with E-state index in [0.717, 1.165) is 40.8 Å². The van der Waals surface area contributed by atoms with Crippen LogP contribution in [-0.2, 0) is 14.8 Å². The van der Waals surface area contributed by atoms with Gasteiger partial charge in [-0.1, -0.05) is 6.92 Å². The van der Waals surface area contributed by atoms with E-state index in [0.29, 0.717) is 18.0 Å². The van der Waals surface area contributed by atoms with Gasteiger partial charge in [-0.3, -0.25) is 4.79 Å². The van der Waals surface area contributed by atoms with Crippen molar-refractivity contribution in [3.8, 4) is 0 Å². The quantitative estimate of drug-likeness (QED) is 0.508. The van der Waals surface area contributed by atoms with E-state index < -0.39 is 10.0 Å². The van der Waals surface area contributed by atoms with Crippen molar-refractivity contribution < 1.29 is 13.2 Å². The summed E-state index contributed by atoms with van der Waals surface area (Å²) in [6.45, 7) is 13.9. The molecule has 6 nitrogen and oxygen atoms in total. The second-order valence-electron chi connectivity index (χ2n) is 6.70. The first-order chi connectivity index (χ1) is 12.1. The van der Waals surface area contributed by atoms with E-state index in [1.54, 1.807) is 0 Å². The van der Waals surface area contributed by atoms with Crippen LogP contribution in [0.15, 0.2) is 4.90 Å². The number of hydrogen-bond acceptors (Lipinski definition) is 4. The third-order valence-corrected chi connectivity index (χ3v) is 6.63. The van der Waals surface area contributed by atoms with Crippen molar-refractivity contribution in [1.29, 1.82) is 0 Å².